The molecule has 0 aliphatic carbocycles. The molecule has 0 spiro atoms. The van der Waals surface area contributed by atoms with Gasteiger partial charge in [0.05, 0.1) is 15.5 Å². The Balaban J connectivity index is 2.37. The minimum absolute atomic E-state index is 0.0749. The molecule has 0 saturated heterocycles. The summed E-state index contributed by atoms with van der Waals surface area (Å²) in [4.78, 5) is 9.64. The second-order valence-corrected chi connectivity index (χ2v) is 5.60. The summed E-state index contributed by atoms with van der Waals surface area (Å²) in [6, 6.07) is 11.9. The number of sulfonamides is 1. The molecule has 0 aliphatic rings. The quantitative estimate of drug-likeness (QED) is 0.688. The van der Waals surface area contributed by atoms with Crippen LogP contribution in [0.25, 0.3) is 0 Å². The van der Waals surface area contributed by atoms with E-state index in [1.165, 1.54) is 12.1 Å². The third-order valence-corrected chi connectivity index (χ3v) is 4.08. The number of hydrogen-bond donors (Lipinski definition) is 1. The number of rotatable bonds is 4. The molecule has 2 aromatic rings. The van der Waals surface area contributed by atoms with Crippen LogP contribution in [0.5, 0.6) is 0 Å². The molecule has 7 nitrogen and oxygen atoms in total. The Morgan fingerprint density at radius 1 is 1.00 bits per heavy atom. The highest BCUT2D eigenvalue weighted by Gasteiger charge is 2.23. The van der Waals surface area contributed by atoms with E-state index in [0.29, 0.717) is 0 Å². The molecule has 0 atom stereocenters. The smallest absolute Gasteiger partial charge is 0.274 e. The number of para-hydroxylation sites is 1. The molecule has 8 heteroatoms. The first-order valence-electron chi connectivity index (χ1n) is 5.46. The van der Waals surface area contributed by atoms with Crippen LogP contribution in [0.3, 0.4) is 0 Å². The lowest BCUT2D eigenvalue weighted by molar-refractivity contribution is -0.384. The van der Waals surface area contributed by atoms with Crippen molar-refractivity contribution in [3.63, 3.8) is 0 Å². The van der Waals surface area contributed by atoms with Crippen LogP contribution in [-0.4, -0.2) is 18.5 Å². The van der Waals surface area contributed by atoms with Gasteiger partial charge in [-0.15, -0.1) is 4.47 Å². The van der Waals surface area contributed by atoms with Crippen LogP contribution in [-0.2, 0) is 10.0 Å². The van der Waals surface area contributed by atoms with Gasteiger partial charge in [-0.3, -0.25) is 15.3 Å². The number of nitro benzene ring substituents is 1. The Bertz CT molecular complexity index is 713. The van der Waals surface area contributed by atoms with Gasteiger partial charge in [0, 0.05) is 12.1 Å². The minimum Gasteiger partial charge on any atom is -0.274 e. The fourth-order valence-corrected chi connectivity index (χ4v) is 2.61. The summed E-state index contributed by atoms with van der Waals surface area (Å²) in [5.74, 6) is 0. The van der Waals surface area contributed by atoms with Crippen molar-refractivity contribution in [2.45, 2.75) is 4.90 Å². The van der Waals surface area contributed by atoms with Crippen LogP contribution < -0.4 is 4.47 Å². The summed E-state index contributed by atoms with van der Waals surface area (Å²) in [7, 11) is -4.17. The largest absolute Gasteiger partial charge is 0.286 e. The molecule has 104 valence electrons. The zero-order chi connectivity index (χ0) is 14.8. The number of non-ortho nitro benzene ring substituents is 1. The summed E-state index contributed by atoms with van der Waals surface area (Å²) >= 11 is 0. The molecule has 0 heterocycles. The van der Waals surface area contributed by atoms with Gasteiger partial charge in [-0.05, 0) is 24.3 Å². The van der Waals surface area contributed by atoms with Crippen LogP contribution in [0.1, 0.15) is 0 Å². The summed E-state index contributed by atoms with van der Waals surface area (Å²) in [6.45, 7) is 0. The van der Waals surface area contributed by atoms with Crippen LogP contribution in [0.4, 0.5) is 11.4 Å². The predicted molar refractivity (Wildman–Crippen MR) is 71.0 cm³/mol. The fraction of sp³-hybridized carbons (Fsp3) is 0. The first kappa shape index (κ1) is 14.0. The van der Waals surface area contributed by atoms with Gasteiger partial charge in [-0.1, -0.05) is 18.2 Å². The zero-order valence-corrected chi connectivity index (χ0v) is 10.9. The lowest BCUT2D eigenvalue weighted by Gasteiger charge is -2.16. The predicted octanol–water partition coefficient (Wildman–Crippen LogP) is 2.18. The van der Waals surface area contributed by atoms with Gasteiger partial charge in [-0.25, -0.2) is 0 Å². The van der Waals surface area contributed by atoms with Gasteiger partial charge >= 0.3 is 0 Å². The van der Waals surface area contributed by atoms with E-state index >= 15 is 0 Å². The second-order valence-electron chi connectivity index (χ2n) is 3.83. The molecule has 20 heavy (non-hydrogen) atoms. The molecule has 2 aromatic carbocycles. The normalized spacial score (nSPS) is 11.1. The Hall–Kier alpha value is -2.45. The van der Waals surface area contributed by atoms with Crippen molar-refractivity contribution < 1.29 is 18.5 Å². The molecular weight excluding hydrogens is 284 g/mol. The highest BCUT2D eigenvalue weighted by Crippen LogP contribution is 2.23. The molecular formula is C12H10N2O5S. The lowest BCUT2D eigenvalue weighted by Crippen LogP contribution is -2.27. The van der Waals surface area contributed by atoms with E-state index in [4.69, 9.17) is 0 Å². The number of anilines is 1. The van der Waals surface area contributed by atoms with E-state index in [2.05, 4.69) is 0 Å². The minimum atomic E-state index is -4.17. The molecule has 0 amide bonds. The molecule has 1 N–H and O–H groups in total. The van der Waals surface area contributed by atoms with E-state index in [1.54, 1.807) is 18.2 Å². The molecule has 0 radical (unpaired) electrons. The highest BCUT2D eigenvalue weighted by atomic mass is 32.2. The number of nitro groups is 1. The standard InChI is InChI=1S/C12H10N2O5S/c15-13(16)10-6-8-12(9-7-10)20(18,19)14(17)11-4-2-1-3-5-11/h1-9,17H. The van der Waals surface area contributed by atoms with E-state index in [1.807, 2.05) is 0 Å². The topological polar surface area (TPSA) is 101 Å². The SMILES string of the molecule is O=[N+]([O-])c1ccc(S(=O)(=O)N(O)c2ccccc2)cc1. The van der Waals surface area contributed by atoms with Gasteiger partial charge in [0.1, 0.15) is 0 Å². The number of benzene rings is 2. The van der Waals surface area contributed by atoms with Gasteiger partial charge in [0.15, 0.2) is 0 Å². The van der Waals surface area contributed by atoms with Crippen LogP contribution in [0.15, 0.2) is 59.5 Å². The van der Waals surface area contributed by atoms with Crippen LogP contribution in [0, 0.1) is 10.1 Å². The average molecular weight is 294 g/mol. The maximum absolute atomic E-state index is 12.1. The van der Waals surface area contributed by atoms with E-state index in [-0.39, 0.29) is 20.7 Å². The van der Waals surface area contributed by atoms with Crippen molar-refractivity contribution in [1.82, 2.24) is 0 Å². The molecule has 0 aromatic heterocycles. The summed E-state index contributed by atoms with van der Waals surface area (Å²) < 4.78 is 24.4. The maximum Gasteiger partial charge on any atom is 0.286 e. The third kappa shape index (κ3) is 2.60. The van der Waals surface area contributed by atoms with E-state index < -0.39 is 14.9 Å². The van der Waals surface area contributed by atoms with Crippen molar-refractivity contribution in [1.29, 1.82) is 0 Å². The molecule has 0 saturated carbocycles. The highest BCUT2D eigenvalue weighted by molar-refractivity contribution is 7.92. The number of nitrogens with zero attached hydrogens (tertiary/aromatic N) is 2. The lowest BCUT2D eigenvalue weighted by atomic mass is 10.3. The monoisotopic (exact) mass is 294 g/mol. The van der Waals surface area contributed by atoms with Crippen molar-refractivity contribution in [2.24, 2.45) is 0 Å². The zero-order valence-electron chi connectivity index (χ0n) is 10.1. The maximum atomic E-state index is 12.1. The first-order chi connectivity index (χ1) is 9.43. The fourth-order valence-electron chi connectivity index (χ4n) is 1.53. The van der Waals surface area contributed by atoms with Gasteiger partial charge in [0.2, 0.25) is 0 Å². The van der Waals surface area contributed by atoms with Crippen molar-refractivity contribution in [2.75, 3.05) is 4.47 Å². The van der Waals surface area contributed by atoms with Gasteiger partial charge < -0.3 is 0 Å². The number of hydrogen-bond acceptors (Lipinski definition) is 5. The second kappa shape index (κ2) is 5.27. The van der Waals surface area contributed by atoms with Crippen molar-refractivity contribution >= 4 is 21.4 Å². The van der Waals surface area contributed by atoms with E-state index in [9.17, 15) is 23.7 Å². The van der Waals surface area contributed by atoms with Crippen LogP contribution in [0.2, 0.25) is 0 Å². The Morgan fingerprint density at radius 3 is 2.05 bits per heavy atom. The third-order valence-electron chi connectivity index (χ3n) is 2.55. The summed E-state index contributed by atoms with van der Waals surface area (Å²) in [5, 5.41) is 20.3. The average Bonchev–Trinajstić information content (AvgIpc) is 2.47. The Labute approximate surface area is 114 Å². The van der Waals surface area contributed by atoms with Gasteiger partial charge in [0.25, 0.3) is 15.7 Å². The van der Waals surface area contributed by atoms with Gasteiger partial charge in [-0.2, -0.15) is 8.42 Å². The molecule has 2 rings (SSSR count). The molecule has 0 fully saturated rings. The first-order valence-corrected chi connectivity index (χ1v) is 6.90. The van der Waals surface area contributed by atoms with Crippen LogP contribution >= 0.6 is 0 Å². The Kier molecular flexibility index (Phi) is 3.68. The molecule has 0 bridgehead atoms. The van der Waals surface area contributed by atoms with E-state index in [0.717, 1.165) is 24.3 Å². The Morgan fingerprint density at radius 2 is 1.55 bits per heavy atom. The van der Waals surface area contributed by atoms with Crippen molar-refractivity contribution in [3.8, 4) is 0 Å². The summed E-state index contributed by atoms with van der Waals surface area (Å²) in [5.41, 5.74) is -0.154. The molecule has 0 aliphatic heterocycles. The summed E-state index contributed by atoms with van der Waals surface area (Å²) in [6.07, 6.45) is 0. The molecule has 0 unspecified atom stereocenters. The van der Waals surface area contributed by atoms with Crippen molar-refractivity contribution in [3.05, 3.63) is 64.7 Å².